The maximum atomic E-state index is 12.3. The van der Waals surface area contributed by atoms with Gasteiger partial charge in [0.05, 0.1) is 5.00 Å². The molecule has 4 nitrogen and oxygen atoms in total. The van der Waals surface area contributed by atoms with E-state index in [0.717, 1.165) is 19.6 Å². The molecule has 1 amide bonds. The van der Waals surface area contributed by atoms with Crippen molar-refractivity contribution in [3.8, 4) is 0 Å². The van der Waals surface area contributed by atoms with Crippen LogP contribution in [0.1, 0.15) is 18.7 Å². The molecule has 122 valence electrons. The number of amides is 1. The Hall–Kier alpha value is -1.33. The number of hydrogen-bond donors (Lipinski definition) is 0. The van der Waals surface area contributed by atoms with Gasteiger partial charge in [0, 0.05) is 42.7 Å². The first-order valence-corrected chi connectivity index (χ1v) is 8.65. The van der Waals surface area contributed by atoms with Crippen LogP contribution in [0.3, 0.4) is 0 Å². The minimum atomic E-state index is 0.127. The van der Waals surface area contributed by atoms with Crippen molar-refractivity contribution in [1.82, 2.24) is 9.80 Å². The quantitative estimate of drug-likeness (QED) is 0.798. The Morgan fingerprint density at radius 3 is 2.45 bits per heavy atom. The molecule has 2 unspecified atom stereocenters. The van der Waals surface area contributed by atoms with Gasteiger partial charge in [-0.15, -0.1) is 11.3 Å². The van der Waals surface area contributed by atoms with E-state index in [1.807, 2.05) is 41.3 Å². The number of carbonyl (C=O) groups excluding carboxylic acids is 1. The Morgan fingerprint density at radius 1 is 1.32 bits per heavy atom. The molecular weight excluding hydrogens is 294 g/mol. The summed E-state index contributed by atoms with van der Waals surface area (Å²) in [6.07, 6.45) is 3.65. The number of hydrogen-bond acceptors (Lipinski definition) is 4. The zero-order chi connectivity index (χ0) is 16.3. The van der Waals surface area contributed by atoms with Crippen molar-refractivity contribution in [2.24, 2.45) is 0 Å². The fraction of sp³-hybridized carbons (Fsp3) is 0.588. The number of rotatable bonds is 4. The molecule has 0 saturated carbocycles. The maximum absolute atomic E-state index is 12.3. The van der Waals surface area contributed by atoms with Crippen LogP contribution in [0.2, 0.25) is 0 Å². The van der Waals surface area contributed by atoms with E-state index in [1.165, 1.54) is 9.88 Å². The van der Waals surface area contributed by atoms with Crippen LogP contribution in [0.5, 0.6) is 0 Å². The van der Waals surface area contributed by atoms with E-state index < -0.39 is 0 Å². The number of piperazine rings is 1. The summed E-state index contributed by atoms with van der Waals surface area (Å²) in [5.41, 5.74) is 0. The fourth-order valence-electron chi connectivity index (χ4n) is 2.97. The van der Waals surface area contributed by atoms with Crippen LogP contribution in [0, 0.1) is 6.92 Å². The van der Waals surface area contributed by atoms with Crippen LogP contribution in [0.15, 0.2) is 24.3 Å². The lowest BCUT2D eigenvalue weighted by atomic mass is 10.1. The molecule has 1 aliphatic heterocycles. The minimum Gasteiger partial charge on any atom is -0.354 e. The Labute approximate surface area is 138 Å². The smallest absolute Gasteiger partial charge is 0.246 e. The van der Waals surface area contributed by atoms with Gasteiger partial charge >= 0.3 is 0 Å². The second-order valence-corrected chi connectivity index (χ2v) is 7.66. The number of likely N-dealkylation sites (N-methyl/N-ethyl adjacent to an activating group) is 1. The van der Waals surface area contributed by atoms with Gasteiger partial charge in [0.25, 0.3) is 0 Å². The molecule has 0 bridgehead atoms. The predicted octanol–water partition coefficient (Wildman–Crippen LogP) is 2.60. The van der Waals surface area contributed by atoms with E-state index in [0.29, 0.717) is 12.1 Å². The standard InChI is InChI=1S/C17H27N3OS/c1-13-11-19(16(21)7-6-10-18(4)5)12-14(2)20(13)17-9-8-15(3)22-17/h6-9,13-14H,10-12H2,1-5H3/b7-6+. The minimum absolute atomic E-state index is 0.127. The second kappa shape index (κ2) is 7.29. The molecule has 22 heavy (non-hydrogen) atoms. The summed E-state index contributed by atoms with van der Waals surface area (Å²) in [5.74, 6) is 0.127. The van der Waals surface area contributed by atoms with Crippen LogP contribution in [0.25, 0.3) is 0 Å². The van der Waals surface area contributed by atoms with Gasteiger partial charge < -0.3 is 14.7 Å². The molecule has 1 saturated heterocycles. The van der Waals surface area contributed by atoms with Gasteiger partial charge in [0.2, 0.25) is 5.91 Å². The highest BCUT2D eigenvalue weighted by Crippen LogP contribution is 2.31. The van der Waals surface area contributed by atoms with Crippen molar-refractivity contribution in [3.05, 3.63) is 29.2 Å². The molecule has 5 heteroatoms. The van der Waals surface area contributed by atoms with Crippen LogP contribution in [-0.4, -0.2) is 61.5 Å². The molecule has 1 fully saturated rings. The summed E-state index contributed by atoms with van der Waals surface area (Å²) in [7, 11) is 4.00. The molecule has 2 atom stereocenters. The van der Waals surface area contributed by atoms with Gasteiger partial charge in [0.15, 0.2) is 0 Å². The van der Waals surface area contributed by atoms with Crippen molar-refractivity contribution in [1.29, 1.82) is 0 Å². The second-order valence-electron chi connectivity index (χ2n) is 6.40. The first kappa shape index (κ1) is 17.0. The van der Waals surface area contributed by atoms with Crippen LogP contribution < -0.4 is 4.90 Å². The highest BCUT2D eigenvalue weighted by atomic mass is 32.1. The monoisotopic (exact) mass is 321 g/mol. The van der Waals surface area contributed by atoms with Crippen LogP contribution in [-0.2, 0) is 4.79 Å². The molecule has 0 aliphatic carbocycles. The van der Waals surface area contributed by atoms with Gasteiger partial charge in [-0.1, -0.05) is 6.08 Å². The average Bonchev–Trinajstić information content (AvgIpc) is 2.83. The Morgan fingerprint density at radius 2 is 1.95 bits per heavy atom. The third kappa shape index (κ3) is 4.11. The van der Waals surface area contributed by atoms with Gasteiger partial charge in [-0.2, -0.15) is 0 Å². The van der Waals surface area contributed by atoms with E-state index in [1.54, 1.807) is 6.08 Å². The van der Waals surface area contributed by atoms with E-state index in [9.17, 15) is 4.79 Å². The van der Waals surface area contributed by atoms with Crippen LogP contribution >= 0.6 is 11.3 Å². The molecule has 2 heterocycles. The predicted molar refractivity (Wildman–Crippen MR) is 94.7 cm³/mol. The molecule has 1 aromatic rings. The van der Waals surface area contributed by atoms with Gasteiger partial charge in [-0.25, -0.2) is 0 Å². The van der Waals surface area contributed by atoms with Gasteiger partial charge in [-0.05, 0) is 47.0 Å². The number of nitrogens with zero attached hydrogens (tertiary/aromatic N) is 3. The number of carbonyl (C=O) groups is 1. The lowest BCUT2D eigenvalue weighted by Crippen LogP contribution is -2.57. The van der Waals surface area contributed by atoms with Crippen molar-refractivity contribution in [2.75, 3.05) is 38.6 Å². The first-order chi connectivity index (χ1) is 10.4. The van der Waals surface area contributed by atoms with E-state index in [4.69, 9.17) is 0 Å². The number of aryl methyl sites for hydroxylation is 1. The summed E-state index contributed by atoms with van der Waals surface area (Å²) in [6, 6.07) is 5.04. The summed E-state index contributed by atoms with van der Waals surface area (Å²) < 4.78 is 0. The molecule has 0 radical (unpaired) electrons. The van der Waals surface area contributed by atoms with Crippen LogP contribution in [0.4, 0.5) is 5.00 Å². The molecule has 0 spiro atoms. The zero-order valence-electron chi connectivity index (χ0n) is 14.2. The van der Waals surface area contributed by atoms with Gasteiger partial charge in [-0.3, -0.25) is 4.79 Å². The molecule has 2 rings (SSSR count). The molecule has 0 N–H and O–H groups in total. The largest absolute Gasteiger partial charge is 0.354 e. The lowest BCUT2D eigenvalue weighted by Gasteiger charge is -2.45. The maximum Gasteiger partial charge on any atom is 0.246 e. The summed E-state index contributed by atoms with van der Waals surface area (Å²) in [5, 5.41) is 1.31. The van der Waals surface area contributed by atoms with E-state index >= 15 is 0 Å². The Balaban J connectivity index is 2.00. The topological polar surface area (TPSA) is 26.8 Å². The van der Waals surface area contributed by atoms with Crippen molar-refractivity contribution in [3.63, 3.8) is 0 Å². The summed E-state index contributed by atoms with van der Waals surface area (Å²) in [6.45, 7) is 8.91. The Bertz CT molecular complexity index is 526. The molecule has 1 aliphatic rings. The zero-order valence-corrected chi connectivity index (χ0v) is 15.1. The number of anilines is 1. The normalized spacial score (nSPS) is 22.8. The highest BCUT2D eigenvalue weighted by molar-refractivity contribution is 7.16. The SMILES string of the molecule is Cc1ccc(N2C(C)CN(C(=O)/C=C/CN(C)C)CC2C)s1. The van der Waals surface area contributed by atoms with Crippen molar-refractivity contribution >= 4 is 22.2 Å². The van der Waals surface area contributed by atoms with E-state index in [2.05, 4.69) is 37.8 Å². The number of thiophene rings is 1. The third-order valence-electron chi connectivity index (χ3n) is 3.94. The average molecular weight is 321 g/mol. The van der Waals surface area contributed by atoms with Crippen molar-refractivity contribution in [2.45, 2.75) is 32.9 Å². The fourth-order valence-corrected chi connectivity index (χ4v) is 4.03. The molecule has 1 aromatic heterocycles. The molecule has 0 aromatic carbocycles. The Kier molecular flexibility index (Phi) is 5.64. The highest BCUT2D eigenvalue weighted by Gasteiger charge is 2.31. The summed E-state index contributed by atoms with van der Waals surface area (Å²) >= 11 is 1.83. The van der Waals surface area contributed by atoms with Crippen molar-refractivity contribution < 1.29 is 4.79 Å². The molecular formula is C17H27N3OS. The third-order valence-corrected chi connectivity index (χ3v) is 4.96. The van der Waals surface area contributed by atoms with E-state index in [-0.39, 0.29) is 5.91 Å². The summed E-state index contributed by atoms with van der Waals surface area (Å²) in [4.78, 5) is 20.1. The first-order valence-electron chi connectivity index (χ1n) is 7.83. The van der Waals surface area contributed by atoms with Gasteiger partial charge in [0.1, 0.15) is 0 Å². The lowest BCUT2D eigenvalue weighted by molar-refractivity contribution is -0.127.